The van der Waals surface area contributed by atoms with E-state index in [-0.39, 0.29) is 0 Å². The summed E-state index contributed by atoms with van der Waals surface area (Å²) in [5.41, 5.74) is 0. The molecular formula is C54H112N4. The van der Waals surface area contributed by atoms with Gasteiger partial charge in [0.15, 0.2) is 0 Å². The standard InChI is InChI=1S/C8H14.2C7H13N.2C6H11N.5C4H10/c1-2-7-4-5-8(3-1)6-7;1-2-6-4-8-5-7(6)3-1;1-2-6-4-5-7(3-1)8-6;1-5-2-6(1)4-7-3-5;1-2-6-4-3-5(1)7-6;5*1-4(2)3/h7-8H,1-6H2;2*6-8H,1-5H2;2*5-7H,1-4H2;5*4H,1-3H3. The number of hydrogen-bond acceptors (Lipinski definition) is 4. The number of rotatable bonds is 0. The summed E-state index contributed by atoms with van der Waals surface area (Å²) in [5, 5.41) is 13.9. The van der Waals surface area contributed by atoms with E-state index in [9.17, 15) is 0 Å². The minimum Gasteiger partial charge on any atom is -0.316 e. The fraction of sp³-hybridized carbons (Fsp3) is 1.00. The van der Waals surface area contributed by atoms with Gasteiger partial charge in [-0.05, 0) is 175 Å². The second-order valence-corrected chi connectivity index (χ2v) is 23.9. The van der Waals surface area contributed by atoms with Crippen LogP contribution in [0.4, 0.5) is 0 Å². The molecule has 0 spiro atoms. The maximum Gasteiger partial charge on any atom is 0.00708 e. The zero-order valence-electron chi connectivity index (χ0n) is 42.6. The smallest absolute Gasteiger partial charge is 0.00708 e. The zero-order chi connectivity index (χ0) is 43.5. The summed E-state index contributed by atoms with van der Waals surface area (Å²) in [6.07, 6.45) is 29.9. The Kier molecular flexibility index (Phi) is 32.2. The first-order valence-electron chi connectivity index (χ1n) is 26.4. The molecule has 6 unspecified atom stereocenters. The van der Waals surface area contributed by atoms with Crippen LogP contribution in [-0.4, -0.2) is 50.3 Å². The molecule has 0 radical (unpaired) electrons. The Morgan fingerprint density at radius 2 is 0.534 bits per heavy atom. The SMILES string of the molecule is C1CC2CCC(C1)C2.C1CC2CCC(C1)N2.C1CC2CCC1N2.C1CC2CNCC2C1.C1NCC2CC1C2.CC(C)C.CC(C)C.CC(C)C.CC(C)C.CC(C)C. The van der Waals surface area contributed by atoms with Crippen LogP contribution < -0.4 is 21.3 Å². The van der Waals surface area contributed by atoms with Crippen molar-refractivity contribution in [2.24, 2.45) is 65.1 Å². The molecule has 11 fully saturated rings. The monoisotopic (exact) mass is 817 g/mol. The highest BCUT2D eigenvalue weighted by Gasteiger charge is 2.33. The number of nitrogens with one attached hydrogen (secondary N) is 4. The van der Waals surface area contributed by atoms with E-state index in [1.807, 2.05) is 0 Å². The van der Waals surface area contributed by atoms with Gasteiger partial charge in [-0.3, -0.25) is 0 Å². The highest BCUT2D eigenvalue weighted by molar-refractivity contribution is 4.91. The summed E-state index contributed by atoms with van der Waals surface area (Å²) in [4.78, 5) is 0. The third-order valence-electron chi connectivity index (χ3n) is 12.3. The van der Waals surface area contributed by atoms with E-state index in [1.54, 1.807) is 32.1 Å². The van der Waals surface area contributed by atoms with Crippen LogP contribution in [0.3, 0.4) is 0 Å². The predicted octanol–water partition coefficient (Wildman–Crippen LogP) is 14.7. The molecule has 4 aliphatic carbocycles. The van der Waals surface area contributed by atoms with Gasteiger partial charge in [-0.15, -0.1) is 0 Å². The van der Waals surface area contributed by atoms with Crippen LogP contribution in [0.1, 0.15) is 232 Å². The maximum absolute atomic E-state index is 3.59. The molecule has 0 amide bonds. The van der Waals surface area contributed by atoms with E-state index in [2.05, 4.69) is 125 Å². The van der Waals surface area contributed by atoms with Crippen LogP contribution in [0.2, 0.25) is 0 Å². The van der Waals surface area contributed by atoms with Gasteiger partial charge in [-0.25, -0.2) is 0 Å². The molecular weight excluding hydrogens is 705 g/mol. The summed E-state index contributed by atoms with van der Waals surface area (Å²) < 4.78 is 0. The minimum absolute atomic E-state index is 0.833. The Morgan fingerprint density at radius 3 is 0.776 bits per heavy atom. The van der Waals surface area contributed by atoms with Gasteiger partial charge in [0, 0.05) is 24.2 Å². The molecule has 7 saturated heterocycles. The van der Waals surface area contributed by atoms with Crippen LogP contribution in [0.25, 0.3) is 0 Å². The van der Waals surface area contributed by atoms with Crippen molar-refractivity contribution in [3.63, 3.8) is 0 Å². The van der Waals surface area contributed by atoms with Crippen LogP contribution >= 0.6 is 0 Å². The lowest BCUT2D eigenvalue weighted by molar-refractivity contribution is 0.135. The molecule has 8 bridgehead atoms. The lowest BCUT2D eigenvalue weighted by Crippen LogP contribution is -2.45. The normalized spacial score (nSPS) is 33.3. The fourth-order valence-corrected chi connectivity index (χ4v) is 9.93. The van der Waals surface area contributed by atoms with Gasteiger partial charge in [0.2, 0.25) is 0 Å². The number of fused-ring (bicyclic) bond motifs is 9. The minimum atomic E-state index is 0.833. The molecule has 4 nitrogen and oxygen atoms in total. The van der Waals surface area contributed by atoms with Gasteiger partial charge in [0.05, 0.1) is 0 Å². The molecule has 7 heterocycles. The molecule has 4 N–H and O–H groups in total. The Morgan fingerprint density at radius 1 is 0.276 bits per heavy atom. The summed E-state index contributed by atoms with van der Waals surface area (Å²) in [6, 6.07) is 3.66. The van der Waals surface area contributed by atoms with Gasteiger partial charge in [0.25, 0.3) is 0 Å². The third-order valence-corrected chi connectivity index (χ3v) is 12.3. The van der Waals surface area contributed by atoms with Crippen molar-refractivity contribution < 1.29 is 0 Å². The molecule has 7 aliphatic heterocycles. The lowest BCUT2D eigenvalue weighted by atomic mass is 9.72. The first-order chi connectivity index (χ1) is 27.4. The first kappa shape index (κ1) is 55.9. The molecule has 0 aromatic heterocycles. The average molecular weight is 818 g/mol. The van der Waals surface area contributed by atoms with Crippen molar-refractivity contribution in [2.45, 2.75) is 256 Å². The summed E-state index contributed by atoms with van der Waals surface area (Å²) >= 11 is 0. The summed E-state index contributed by atoms with van der Waals surface area (Å²) in [5.74, 6) is 10.8. The average Bonchev–Trinajstić information content (AvgIpc) is 3.99. The Hall–Kier alpha value is -0.160. The highest BCUT2D eigenvalue weighted by Crippen LogP contribution is 2.41. The quantitative estimate of drug-likeness (QED) is 0.197. The maximum atomic E-state index is 3.59. The molecule has 11 aliphatic rings. The zero-order valence-corrected chi connectivity index (χ0v) is 42.6. The van der Waals surface area contributed by atoms with Gasteiger partial charge in [-0.2, -0.15) is 0 Å². The molecule has 348 valence electrons. The number of piperidine rings is 3. The predicted molar refractivity (Wildman–Crippen MR) is 263 cm³/mol. The van der Waals surface area contributed by atoms with Gasteiger partial charge >= 0.3 is 0 Å². The third kappa shape index (κ3) is 30.8. The van der Waals surface area contributed by atoms with Crippen LogP contribution in [0, 0.1) is 65.1 Å². The number of hydrogen-bond donors (Lipinski definition) is 4. The van der Waals surface area contributed by atoms with Crippen molar-refractivity contribution in [3.8, 4) is 0 Å². The van der Waals surface area contributed by atoms with Crippen molar-refractivity contribution in [1.82, 2.24) is 21.3 Å². The molecule has 4 saturated carbocycles. The van der Waals surface area contributed by atoms with E-state index in [1.165, 1.54) is 122 Å². The van der Waals surface area contributed by atoms with Crippen molar-refractivity contribution >= 4 is 0 Å². The van der Waals surface area contributed by atoms with Crippen LogP contribution in [0.15, 0.2) is 0 Å². The molecule has 4 heteroatoms. The van der Waals surface area contributed by atoms with E-state index >= 15 is 0 Å². The van der Waals surface area contributed by atoms with Crippen LogP contribution in [-0.2, 0) is 0 Å². The lowest BCUT2D eigenvalue weighted by Gasteiger charge is -2.41. The Bertz CT molecular complexity index is 757. The molecule has 11 rings (SSSR count). The summed E-state index contributed by atoms with van der Waals surface area (Å²) in [6.45, 7) is 37.7. The second kappa shape index (κ2) is 33.4. The molecule has 6 atom stereocenters. The Balaban J connectivity index is 0.000000328. The first-order valence-corrected chi connectivity index (χ1v) is 26.4. The Labute approximate surface area is 367 Å². The fourth-order valence-electron chi connectivity index (χ4n) is 9.93. The summed E-state index contributed by atoms with van der Waals surface area (Å²) in [7, 11) is 0. The molecule has 58 heavy (non-hydrogen) atoms. The largest absolute Gasteiger partial charge is 0.316 e. The van der Waals surface area contributed by atoms with Gasteiger partial charge in [0.1, 0.15) is 0 Å². The van der Waals surface area contributed by atoms with E-state index in [4.69, 9.17) is 0 Å². The van der Waals surface area contributed by atoms with Crippen LogP contribution in [0.5, 0.6) is 0 Å². The van der Waals surface area contributed by atoms with Crippen molar-refractivity contribution in [3.05, 3.63) is 0 Å². The highest BCUT2D eigenvalue weighted by atomic mass is 15.0. The van der Waals surface area contributed by atoms with Crippen molar-refractivity contribution in [2.75, 3.05) is 26.2 Å². The van der Waals surface area contributed by atoms with Crippen molar-refractivity contribution in [1.29, 1.82) is 0 Å². The molecule has 0 aromatic carbocycles. The topological polar surface area (TPSA) is 48.1 Å². The molecule has 0 aromatic rings. The van der Waals surface area contributed by atoms with E-state index in [0.29, 0.717) is 0 Å². The second-order valence-electron chi connectivity index (χ2n) is 23.9. The van der Waals surface area contributed by atoms with E-state index in [0.717, 1.165) is 89.3 Å². The van der Waals surface area contributed by atoms with Gasteiger partial charge in [-0.1, -0.05) is 149 Å². The van der Waals surface area contributed by atoms with E-state index < -0.39 is 0 Å². The van der Waals surface area contributed by atoms with Gasteiger partial charge < -0.3 is 21.3 Å².